The molecule has 2 nitrogen and oxygen atoms in total. The van der Waals surface area contributed by atoms with Gasteiger partial charge in [-0.05, 0) is 63.4 Å². The molecule has 1 saturated heterocycles. The predicted molar refractivity (Wildman–Crippen MR) is 79.2 cm³/mol. The molecule has 106 valence electrons. The monoisotopic (exact) mass is 264 g/mol. The predicted octanol–water partition coefficient (Wildman–Crippen LogP) is 3.57. The average molecular weight is 264 g/mol. The van der Waals surface area contributed by atoms with Gasteiger partial charge in [-0.3, -0.25) is 0 Å². The zero-order valence-electron chi connectivity index (χ0n) is 11.9. The molecule has 1 aromatic rings. The Balaban J connectivity index is 1.77. The standard InChI is InChI=1S/C16H25FN2/c1-2-19(16-10-8-14(17)9-11-16)13-5-7-15-6-3-4-12-18-15/h8-11,15,18H,2-7,12-13H2,1H3. The van der Waals surface area contributed by atoms with Crippen molar-refractivity contribution in [2.24, 2.45) is 0 Å². The summed E-state index contributed by atoms with van der Waals surface area (Å²) in [6, 6.07) is 7.54. The van der Waals surface area contributed by atoms with Crippen LogP contribution >= 0.6 is 0 Å². The summed E-state index contributed by atoms with van der Waals surface area (Å²) in [6.07, 6.45) is 6.46. The van der Waals surface area contributed by atoms with Crippen LogP contribution in [-0.4, -0.2) is 25.7 Å². The highest BCUT2D eigenvalue weighted by molar-refractivity contribution is 5.45. The smallest absolute Gasteiger partial charge is 0.123 e. The molecule has 1 heterocycles. The second-order valence-corrected chi connectivity index (χ2v) is 5.35. The van der Waals surface area contributed by atoms with E-state index in [0.29, 0.717) is 6.04 Å². The van der Waals surface area contributed by atoms with Crippen molar-refractivity contribution in [3.8, 4) is 0 Å². The van der Waals surface area contributed by atoms with E-state index in [2.05, 4.69) is 17.1 Å². The molecule has 2 rings (SSSR count). The first-order valence-corrected chi connectivity index (χ1v) is 7.53. The minimum absolute atomic E-state index is 0.161. The number of nitrogens with one attached hydrogen (secondary N) is 1. The minimum atomic E-state index is -0.161. The molecule has 1 aliphatic heterocycles. The van der Waals surface area contributed by atoms with E-state index in [4.69, 9.17) is 0 Å². The Morgan fingerprint density at radius 1 is 1.26 bits per heavy atom. The van der Waals surface area contributed by atoms with Gasteiger partial charge in [0.05, 0.1) is 0 Å². The Labute approximate surface area is 116 Å². The fourth-order valence-corrected chi connectivity index (χ4v) is 2.82. The van der Waals surface area contributed by atoms with Gasteiger partial charge >= 0.3 is 0 Å². The Morgan fingerprint density at radius 2 is 2.05 bits per heavy atom. The van der Waals surface area contributed by atoms with Crippen LogP contribution in [0.15, 0.2) is 24.3 Å². The Bertz CT molecular complexity index is 358. The second kappa shape index (κ2) is 7.49. The summed E-state index contributed by atoms with van der Waals surface area (Å²) < 4.78 is 12.9. The van der Waals surface area contributed by atoms with Crippen molar-refractivity contribution >= 4 is 5.69 Å². The zero-order chi connectivity index (χ0) is 13.5. The minimum Gasteiger partial charge on any atom is -0.372 e. The van der Waals surface area contributed by atoms with Crippen LogP contribution in [-0.2, 0) is 0 Å². The van der Waals surface area contributed by atoms with Crippen LogP contribution in [0.1, 0.15) is 39.0 Å². The number of piperidine rings is 1. The summed E-state index contributed by atoms with van der Waals surface area (Å²) >= 11 is 0. The summed E-state index contributed by atoms with van der Waals surface area (Å²) in [5.74, 6) is -0.161. The molecule has 1 N–H and O–H groups in total. The molecule has 19 heavy (non-hydrogen) atoms. The van der Waals surface area contributed by atoms with E-state index < -0.39 is 0 Å². The second-order valence-electron chi connectivity index (χ2n) is 5.35. The Morgan fingerprint density at radius 3 is 2.68 bits per heavy atom. The molecule has 3 heteroatoms. The van der Waals surface area contributed by atoms with E-state index in [1.165, 1.54) is 38.6 Å². The molecular formula is C16H25FN2. The number of hydrogen-bond acceptors (Lipinski definition) is 2. The maximum atomic E-state index is 12.9. The van der Waals surface area contributed by atoms with Crippen molar-refractivity contribution in [3.05, 3.63) is 30.1 Å². The van der Waals surface area contributed by atoms with Gasteiger partial charge in [-0.2, -0.15) is 0 Å². The summed E-state index contributed by atoms with van der Waals surface area (Å²) in [7, 11) is 0. The van der Waals surface area contributed by atoms with Crippen LogP contribution in [0.4, 0.5) is 10.1 Å². The molecule has 0 radical (unpaired) electrons. The van der Waals surface area contributed by atoms with Gasteiger partial charge in [0.15, 0.2) is 0 Å². The fourth-order valence-electron chi connectivity index (χ4n) is 2.82. The molecule has 1 aromatic carbocycles. The first-order valence-electron chi connectivity index (χ1n) is 7.53. The van der Waals surface area contributed by atoms with Crippen LogP contribution in [0.25, 0.3) is 0 Å². The highest BCUT2D eigenvalue weighted by atomic mass is 19.1. The summed E-state index contributed by atoms with van der Waals surface area (Å²) in [6.45, 7) is 5.37. The number of benzene rings is 1. The van der Waals surface area contributed by atoms with Gasteiger partial charge in [0, 0.05) is 24.8 Å². The number of nitrogens with zero attached hydrogens (tertiary/aromatic N) is 1. The molecular weight excluding hydrogens is 239 g/mol. The highest BCUT2D eigenvalue weighted by Gasteiger charge is 2.12. The van der Waals surface area contributed by atoms with Crippen LogP contribution in [0.2, 0.25) is 0 Å². The average Bonchev–Trinajstić information content (AvgIpc) is 2.46. The molecule has 0 amide bonds. The largest absolute Gasteiger partial charge is 0.372 e. The summed E-state index contributed by atoms with van der Waals surface area (Å²) in [4.78, 5) is 2.32. The highest BCUT2D eigenvalue weighted by Crippen LogP contribution is 2.17. The number of anilines is 1. The van der Waals surface area contributed by atoms with Gasteiger partial charge in [0.1, 0.15) is 5.82 Å². The SMILES string of the molecule is CCN(CCCC1CCCCN1)c1ccc(F)cc1. The quantitative estimate of drug-likeness (QED) is 0.845. The third-order valence-electron chi connectivity index (χ3n) is 3.97. The lowest BCUT2D eigenvalue weighted by molar-refractivity contribution is 0.376. The van der Waals surface area contributed by atoms with Crippen molar-refractivity contribution in [1.29, 1.82) is 0 Å². The van der Waals surface area contributed by atoms with Crippen LogP contribution in [0.5, 0.6) is 0 Å². The molecule has 0 saturated carbocycles. The van der Waals surface area contributed by atoms with E-state index >= 15 is 0 Å². The number of hydrogen-bond donors (Lipinski definition) is 1. The molecule has 0 bridgehead atoms. The molecule has 0 aliphatic carbocycles. The first kappa shape index (κ1) is 14.3. The molecule has 0 aromatic heterocycles. The van der Waals surface area contributed by atoms with Crippen LogP contribution in [0, 0.1) is 5.82 Å². The molecule has 1 atom stereocenters. The van der Waals surface area contributed by atoms with Crippen molar-refractivity contribution in [2.75, 3.05) is 24.5 Å². The van der Waals surface area contributed by atoms with Crippen molar-refractivity contribution < 1.29 is 4.39 Å². The van der Waals surface area contributed by atoms with Gasteiger partial charge in [-0.1, -0.05) is 6.42 Å². The molecule has 0 spiro atoms. The van der Waals surface area contributed by atoms with Crippen LogP contribution < -0.4 is 10.2 Å². The van der Waals surface area contributed by atoms with Gasteiger partial charge in [0.25, 0.3) is 0 Å². The topological polar surface area (TPSA) is 15.3 Å². The van der Waals surface area contributed by atoms with Crippen LogP contribution in [0.3, 0.4) is 0 Å². The first-order chi connectivity index (χ1) is 9.29. The lowest BCUT2D eigenvalue weighted by Gasteiger charge is -2.26. The van der Waals surface area contributed by atoms with E-state index in [1.807, 2.05) is 12.1 Å². The summed E-state index contributed by atoms with van der Waals surface area (Å²) in [5, 5.41) is 3.59. The van der Waals surface area contributed by atoms with Crippen molar-refractivity contribution in [1.82, 2.24) is 5.32 Å². The van der Waals surface area contributed by atoms with Gasteiger partial charge in [-0.15, -0.1) is 0 Å². The van der Waals surface area contributed by atoms with Gasteiger partial charge in [-0.25, -0.2) is 4.39 Å². The van der Waals surface area contributed by atoms with Gasteiger partial charge < -0.3 is 10.2 Å². The van der Waals surface area contributed by atoms with E-state index in [-0.39, 0.29) is 5.82 Å². The zero-order valence-corrected chi connectivity index (χ0v) is 11.9. The van der Waals surface area contributed by atoms with Crippen molar-refractivity contribution in [3.63, 3.8) is 0 Å². The normalized spacial score (nSPS) is 19.4. The Kier molecular flexibility index (Phi) is 5.64. The number of halogens is 1. The van der Waals surface area contributed by atoms with Gasteiger partial charge in [0.2, 0.25) is 0 Å². The van der Waals surface area contributed by atoms with E-state index in [9.17, 15) is 4.39 Å². The van der Waals surface area contributed by atoms with E-state index in [1.54, 1.807) is 12.1 Å². The summed E-state index contributed by atoms with van der Waals surface area (Å²) in [5.41, 5.74) is 1.13. The maximum absolute atomic E-state index is 12.9. The maximum Gasteiger partial charge on any atom is 0.123 e. The Hall–Kier alpha value is -1.09. The lowest BCUT2D eigenvalue weighted by atomic mass is 10.0. The molecule has 1 unspecified atom stereocenters. The third-order valence-corrected chi connectivity index (χ3v) is 3.97. The van der Waals surface area contributed by atoms with E-state index in [0.717, 1.165) is 18.8 Å². The fraction of sp³-hybridized carbons (Fsp3) is 0.625. The van der Waals surface area contributed by atoms with Crippen molar-refractivity contribution in [2.45, 2.75) is 45.1 Å². The number of rotatable bonds is 6. The third kappa shape index (κ3) is 4.50. The lowest BCUT2D eigenvalue weighted by Crippen LogP contribution is -2.35. The molecule has 1 aliphatic rings. The molecule has 1 fully saturated rings.